The van der Waals surface area contributed by atoms with Gasteiger partial charge in [-0.1, -0.05) is 6.07 Å². The van der Waals surface area contributed by atoms with Crippen LogP contribution in [0, 0.1) is 0 Å². The average Bonchev–Trinajstić information content (AvgIpc) is 2.97. The molecule has 3 rings (SSSR count). The smallest absolute Gasteiger partial charge is 0.309 e. The molecule has 1 aromatic carbocycles. The lowest BCUT2D eigenvalue weighted by Crippen LogP contribution is -2.06. The Balaban J connectivity index is 2.11. The monoisotopic (exact) mass is 334 g/mol. The quantitative estimate of drug-likeness (QED) is 0.770. The van der Waals surface area contributed by atoms with Crippen LogP contribution in [0.15, 0.2) is 29.0 Å². The normalized spacial score (nSPS) is 11.1. The molecule has 102 valence electrons. The van der Waals surface area contributed by atoms with Gasteiger partial charge in [0.2, 0.25) is 0 Å². The zero-order valence-electron chi connectivity index (χ0n) is 10.6. The summed E-state index contributed by atoms with van der Waals surface area (Å²) in [7, 11) is 1.74. The van der Waals surface area contributed by atoms with E-state index >= 15 is 0 Å². The van der Waals surface area contributed by atoms with Crippen LogP contribution in [-0.2, 0) is 18.3 Å². The maximum atomic E-state index is 10.9. The molecule has 2 heterocycles. The number of nitrogens with zero attached hydrogens (tertiary/aromatic N) is 3. The fourth-order valence-corrected chi connectivity index (χ4v) is 2.84. The first-order valence-corrected chi connectivity index (χ1v) is 6.72. The van der Waals surface area contributed by atoms with Crippen LogP contribution in [-0.4, -0.2) is 30.8 Å². The van der Waals surface area contributed by atoms with Gasteiger partial charge in [-0.05, 0) is 28.1 Å². The highest BCUT2D eigenvalue weighted by Gasteiger charge is 2.17. The van der Waals surface area contributed by atoms with Gasteiger partial charge in [0.05, 0.1) is 33.9 Å². The molecule has 2 aromatic heterocycles. The highest BCUT2D eigenvalue weighted by atomic mass is 79.9. The lowest BCUT2D eigenvalue weighted by Gasteiger charge is -1.99. The van der Waals surface area contributed by atoms with E-state index in [9.17, 15) is 4.79 Å². The van der Waals surface area contributed by atoms with Gasteiger partial charge in [-0.25, -0.2) is 4.98 Å². The van der Waals surface area contributed by atoms with E-state index in [2.05, 4.69) is 31.0 Å². The topological polar surface area (TPSA) is 83.8 Å². The molecule has 0 atom stereocenters. The number of benzene rings is 1. The van der Waals surface area contributed by atoms with Crippen molar-refractivity contribution < 1.29 is 9.90 Å². The number of fused-ring (bicyclic) bond motifs is 1. The van der Waals surface area contributed by atoms with Crippen molar-refractivity contribution in [2.75, 3.05) is 0 Å². The molecule has 0 aliphatic heterocycles. The summed E-state index contributed by atoms with van der Waals surface area (Å²) in [6.45, 7) is 0. The maximum Gasteiger partial charge on any atom is 0.309 e. The lowest BCUT2D eigenvalue weighted by atomic mass is 10.1. The molecule has 2 N–H and O–H groups in total. The van der Waals surface area contributed by atoms with Crippen molar-refractivity contribution in [1.82, 2.24) is 19.7 Å². The van der Waals surface area contributed by atoms with Crippen molar-refractivity contribution in [2.45, 2.75) is 6.42 Å². The van der Waals surface area contributed by atoms with E-state index in [1.54, 1.807) is 18.1 Å². The van der Waals surface area contributed by atoms with Gasteiger partial charge in [-0.3, -0.25) is 9.48 Å². The van der Waals surface area contributed by atoms with Crippen LogP contribution >= 0.6 is 15.9 Å². The number of aromatic amines is 1. The second kappa shape index (κ2) is 4.75. The fourth-order valence-electron chi connectivity index (χ4n) is 2.14. The van der Waals surface area contributed by atoms with Gasteiger partial charge in [0.15, 0.2) is 0 Å². The van der Waals surface area contributed by atoms with E-state index in [4.69, 9.17) is 5.11 Å². The lowest BCUT2D eigenvalue weighted by molar-refractivity contribution is -0.136. The number of H-pyrrole nitrogens is 1. The molecular weight excluding hydrogens is 324 g/mol. The van der Waals surface area contributed by atoms with E-state index in [1.165, 1.54) is 0 Å². The van der Waals surface area contributed by atoms with Gasteiger partial charge in [0.25, 0.3) is 0 Å². The molecule has 0 amide bonds. The first-order chi connectivity index (χ1) is 9.56. The second-order valence-electron chi connectivity index (χ2n) is 4.44. The zero-order valence-corrected chi connectivity index (χ0v) is 12.2. The Labute approximate surface area is 122 Å². The number of carbonyl (C=O) groups is 1. The van der Waals surface area contributed by atoms with Crippen LogP contribution < -0.4 is 0 Å². The second-order valence-corrected chi connectivity index (χ2v) is 5.23. The van der Waals surface area contributed by atoms with E-state index < -0.39 is 5.97 Å². The Kier molecular flexibility index (Phi) is 3.06. The van der Waals surface area contributed by atoms with E-state index in [-0.39, 0.29) is 6.42 Å². The van der Waals surface area contributed by atoms with Crippen LogP contribution in [0.1, 0.15) is 5.69 Å². The predicted octanol–water partition coefficient (Wildman–Crippen LogP) is 2.35. The van der Waals surface area contributed by atoms with Crippen LogP contribution in [0.2, 0.25) is 0 Å². The standard InChI is InChI=1S/C13H11BrN4O2/c1-18-10(5-11(19)20)12(14)13(17-18)7-2-3-8-9(4-7)16-6-15-8/h2-4,6H,5H2,1H3,(H,15,16)(H,19,20). The van der Waals surface area contributed by atoms with Crippen LogP contribution in [0.3, 0.4) is 0 Å². The first-order valence-electron chi connectivity index (χ1n) is 5.93. The SMILES string of the molecule is Cn1nc(-c2ccc3nc[nH]c3c2)c(Br)c1CC(=O)O. The molecule has 3 aromatic rings. The molecule has 0 aliphatic carbocycles. The van der Waals surface area contributed by atoms with Crippen molar-refractivity contribution in [1.29, 1.82) is 0 Å². The van der Waals surface area contributed by atoms with Gasteiger partial charge in [-0.15, -0.1) is 0 Å². The molecule has 6 nitrogen and oxygen atoms in total. The number of nitrogens with one attached hydrogen (secondary N) is 1. The molecule has 0 bridgehead atoms. The average molecular weight is 335 g/mol. The largest absolute Gasteiger partial charge is 0.481 e. The molecule has 0 fully saturated rings. The molecule has 0 saturated carbocycles. The number of halogens is 1. The van der Waals surface area contributed by atoms with Gasteiger partial charge in [0, 0.05) is 12.6 Å². The predicted molar refractivity (Wildman–Crippen MR) is 77.3 cm³/mol. The summed E-state index contributed by atoms with van der Waals surface area (Å²) in [6, 6.07) is 5.76. The Hall–Kier alpha value is -2.15. The number of aromatic nitrogens is 4. The molecule has 20 heavy (non-hydrogen) atoms. The van der Waals surface area contributed by atoms with E-state index in [1.807, 2.05) is 18.2 Å². The minimum Gasteiger partial charge on any atom is -0.481 e. The van der Waals surface area contributed by atoms with Crippen molar-refractivity contribution in [3.8, 4) is 11.3 Å². The molecule has 0 saturated heterocycles. The van der Waals surface area contributed by atoms with Crippen molar-refractivity contribution in [3.63, 3.8) is 0 Å². The Morgan fingerprint density at radius 3 is 3.05 bits per heavy atom. The summed E-state index contributed by atoms with van der Waals surface area (Å²) >= 11 is 3.45. The van der Waals surface area contributed by atoms with Crippen LogP contribution in [0.25, 0.3) is 22.3 Å². The summed E-state index contributed by atoms with van der Waals surface area (Å²) in [5.74, 6) is -0.885. The number of carboxylic acid groups (broad SMARTS) is 1. The number of hydrogen-bond donors (Lipinski definition) is 2. The molecule has 7 heteroatoms. The van der Waals surface area contributed by atoms with Gasteiger partial charge < -0.3 is 10.1 Å². The number of aryl methyl sites for hydroxylation is 1. The van der Waals surface area contributed by atoms with Gasteiger partial charge in [-0.2, -0.15) is 5.10 Å². The van der Waals surface area contributed by atoms with Crippen LogP contribution in [0.4, 0.5) is 0 Å². The zero-order chi connectivity index (χ0) is 14.3. The minimum atomic E-state index is -0.885. The maximum absolute atomic E-state index is 10.9. The molecule has 0 radical (unpaired) electrons. The summed E-state index contributed by atoms with van der Waals surface area (Å²) < 4.78 is 2.30. The molecule has 0 aliphatic rings. The number of hydrogen-bond acceptors (Lipinski definition) is 3. The fraction of sp³-hybridized carbons (Fsp3) is 0.154. The van der Waals surface area contributed by atoms with Crippen molar-refractivity contribution >= 4 is 32.9 Å². The van der Waals surface area contributed by atoms with Gasteiger partial charge in [0.1, 0.15) is 5.69 Å². The van der Waals surface area contributed by atoms with Crippen molar-refractivity contribution in [2.24, 2.45) is 7.05 Å². The Morgan fingerprint density at radius 1 is 1.50 bits per heavy atom. The Bertz CT molecular complexity index is 806. The van der Waals surface area contributed by atoms with Crippen LogP contribution in [0.5, 0.6) is 0 Å². The van der Waals surface area contributed by atoms with E-state index in [0.717, 1.165) is 22.3 Å². The highest BCUT2D eigenvalue weighted by molar-refractivity contribution is 9.10. The minimum absolute atomic E-state index is 0.0730. The van der Waals surface area contributed by atoms with E-state index in [0.29, 0.717) is 10.2 Å². The number of rotatable bonds is 3. The highest BCUT2D eigenvalue weighted by Crippen LogP contribution is 2.31. The number of aliphatic carboxylic acids is 1. The first kappa shape index (κ1) is 12.9. The van der Waals surface area contributed by atoms with Gasteiger partial charge >= 0.3 is 5.97 Å². The third-order valence-corrected chi connectivity index (χ3v) is 3.95. The molecular formula is C13H11BrN4O2. The summed E-state index contributed by atoms with van der Waals surface area (Å²) in [5.41, 5.74) is 4.06. The molecule has 0 spiro atoms. The summed E-state index contributed by atoms with van der Waals surface area (Å²) in [5, 5.41) is 13.3. The number of imidazole rings is 1. The number of carboxylic acids is 1. The van der Waals surface area contributed by atoms with Crippen molar-refractivity contribution in [3.05, 3.63) is 34.7 Å². The molecule has 0 unspecified atom stereocenters. The summed E-state index contributed by atoms with van der Waals surface area (Å²) in [4.78, 5) is 18.1. The third-order valence-electron chi connectivity index (χ3n) is 3.11. The third kappa shape index (κ3) is 2.09. The Morgan fingerprint density at radius 2 is 2.30 bits per heavy atom. The summed E-state index contributed by atoms with van der Waals surface area (Å²) in [6.07, 6.45) is 1.56.